The second-order valence-electron chi connectivity index (χ2n) is 11.9. The van der Waals surface area contributed by atoms with Gasteiger partial charge in [0, 0.05) is 0 Å². The Balaban J connectivity index is 3.13. The molecule has 4 amide bonds. The molecule has 0 spiro atoms. The van der Waals surface area contributed by atoms with Crippen LogP contribution in [-0.4, -0.2) is 84.5 Å². The molecule has 0 aromatic heterocycles. The van der Waals surface area contributed by atoms with E-state index in [1.54, 1.807) is 13.8 Å². The highest BCUT2D eigenvalue weighted by atomic mass is 16.4. The topological polar surface area (TPSA) is 258 Å². The first-order valence-corrected chi connectivity index (χ1v) is 16.3. The van der Waals surface area contributed by atoms with E-state index in [1.807, 2.05) is 30.3 Å². The van der Waals surface area contributed by atoms with E-state index in [0.717, 1.165) is 5.56 Å². The molecule has 46 heavy (non-hydrogen) atoms. The van der Waals surface area contributed by atoms with E-state index in [2.05, 4.69) is 21.3 Å². The van der Waals surface area contributed by atoms with Gasteiger partial charge in [-0.3, -0.25) is 19.2 Å². The quantitative estimate of drug-likeness (QED) is 0.0657. The van der Waals surface area contributed by atoms with Crippen molar-refractivity contribution >= 4 is 29.6 Å². The maximum atomic E-state index is 13.6. The van der Waals surface area contributed by atoms with Gasteiger partial charge < -0.3 is 49.3 Å². The minimum Gasteiger partial charge on any atom is -0.480 e. The number of amides is 4. The number of hydrogen-bond donors (Lipinski definition) is 9. The average molecular weight is 649 g/mol. The molecule has 0 heterocycles. The van der Waals surface area contributed by atoms with Gasteiger partial charge in [0.1, 0.15) is 24.2 Å². The van der Waals surface area contributed by atoms with Crippen molar-refractivity contribution in [2.75, 3.05) is 19.6 Å². The molecule has 0 aliphatic heterocycles. The average Bonchev–Trinajstić information content (AvgIpc) is 3.02. The van der Waals surface area contributed by atoms with E-state index in [0.29, 0.717) is 58.2 Å². The van der Waals surface area contributed by atoms with E-state index in [-0.39, 0.29) is 25.7 Å². The van der Waals surface area contributed by atoms with Crippen molar-refractivity contribution in [3.63, 3.8) is 0 Å². The van der Waals surface area contributed by atoms with E-state index < -0.39 is 65.7 Å². The molecule has 1 rings (SSSR count). The van der Waals surface area contributed by atoms with Gasteiger partial charge in [-0.15, -0.1) is 0 Å². The largest absolute Gasteiger partial charge is 0.480 e. The van der Waals surface area contributed by atoms with Gasteiger partial charge in [-0.05, 0) is 95.3 Å². The smallest absolute Gasteiger partial charge is 0.326 e. The summed E-state index contributed by atoms with van der Waals surface area (Å²) < 4.78 is 0. The molecule has 0 fully saturated rings. The van der Waals surface area contributed by atoms with E-state index >= 15 is 0 Å². The molecule has 1 aromatic carbocycles. The van der Waals surface area contributed by atoms with Crippen LogP contribution in [0.15, 0.2) is 30.3 Å². The van der Waals surface area contributed by atoms with Crippen molar-refractivity contribution < 1.29 is 29.1 Å². The van der Waals surface area contributed by atoms with Crippen molar-refractivity contribution in [2.24, 2.45) is 28.9 Å². The third-order valence-electron chi connectivity index (χ3n) is 7.61. The number of hydrogen-bond acceptors (Lipinski definition) is 9. The SMILES string of the molecule is CC(C)[C@H](NC(=O)[C@H](CCCCN)NC(=O)[C@H](CCCCN)NC(=O)[C@H](CCCCN)NC(=O)[C@@H](N)Cc1ccccc1)C(=O)O. The molecule has 0 aliphatic carbocycles. The molecule has 260 valence electrons. The summed E-state index contributed by atoms with van der Waals surface area (Å²) in [6.07, 6.45) is 4.41. The van der Waals surface area contributed by atoms with Crippen LogP contribution in [0.25, 0.3) is 0 Å². The molecule has 14 nitrogen and oxygen atoms in total. The maximum Gasteiger partial charge on any atom is 0.326 e. The molecular weight excluding hydrogens is 592 g/mol. The van der Waals surface area contributed by atoms with Gasteiger partial charge in [0.15, 0.2) is 0 Å². The summed E-state index contributed by atoms with van der Waals surface area (Å²) in [5.74, 6) is -3.90. The number of nitrogens with two attached hydrogens (primary N) is 4. The fraction of sp³-hybridized carbons (Fsp3) is 0.656. The second kappa shape index (κ2) is 22.8. The fourth-order valence-corrected chi connectivity index (χ4v) is 4.84. The lowest BCUT2D eigenvalue weighted by molar-refractivity contribution is -0.143. The highest BCUT2D eigenvalue weighted by molar-refractivity contribution is 5.95. The summed E-state index contributed by atoms with van der Waals surface area (Å²) in [6.45, 7) is 4.52. The molecule has 1 aromatic rings. The predicted octanol–water partition coefficient (Wildman–Crippen LogP) is -0.377. The highest BCUT2D eigenvalue weighted by Crippen LogP contribution is 2.10. The van der Waals surface area contributed by atoms with Gasteiger partial charge in [-0.1, -0.05) is 44.2 Å². The number of carboxylic acids is 1. The predicted molar refractivity (Wildman–Crippen MR) is 177 cm³/mol. The molecule has 0 aliphatic rings. The van der Waals surface area contributed by atoms with Crippen LogP contribution in [0.4, 0.5) is 0 Å². The number of aliphatic carboxylic acids is 1. The Hall–Kier alpha value is -3.59. The van der Waals surface area contributed by atoms with Gasteiger partial charge >= 0.3 is 5.97 Å². The minimum atomic E-state index is -1.19. The first-order valence-electron chi connectivity index (χ1n) is 16.3. The lowest BCUT2D eigenvalue weighted by atomic mass is 10.0. The summed E-state index contributed by atoms with van der Waals surface area (Å²) in [6, 6.07) is 4.16. The Morgan fingerprint density at radius 3 is 1.39 bits per heavy atom. The van der Waals surface area contributed by atoms with Crippen molar-refractivity contribution in [1.82, 2.24) is 21.3 Å². The second-order valence-corrected chi connectivity index (χ2v) is 11.9. The van der Waals surface area contributed by atoms with Gasteiger partial charge in [-0.25, -0.2) is 4.79 Å². The van der Waals surface area contributed by atoms with Crippen LogP contribution in [0, 0.1) is 5.92 Å². The summed E-state index contributed by atoms with van der Waals surface area (Å²) in [5.41, 5.74) is 24.0. The normalized spacial score (nSPS) is 14.4. The van der Waals surface area contributed by atoms with Crippen LogP contribution >= 0.6 is 0 Å². The lowest BCUT2D eigenvalue weighted by Gasteiger charge is -2.27. The zero-order chi connectivity index (χ0) is 34.5. The third kappa shape index (κ3) is 15.6. The lowest BCUT2D eigenvalue weighted by Crippen LogP contribution is -2.58. The Morgan fingerprint density at radius 2 is 1.02 bits per heavy atom. The monoisotopic (exact) mass is 648 g/mol. The number of nitrogens with one attached hydrogen (secondary N) is 4. The van der Waals surface area contributed by atoms with E-state index in [9.17, 15) is 29.1 Å². The van der Waals surface area contributed by atoms with Crippen LogP contribution in [0.5, 0.6) is 0 Å². The maximum absolute atomic E-state index is 13.6. The molecular formula is C32H56N8O6. The zero-order valence-corrected chi connectivity index (χ0v) is 27.3. The number of rotatable bonds is 24. The molecule has 5 atom stereocenters. The summed E-state index contributed by atoms with van der Waals surface area (Å²) in [7, 11) is 0. The van der Waals surface area contributed by atoms with Crippen molar-refractivity contribution in [3.05, 3.63) is 35.9 Å². The van der Waals surface area contributed by atoms with Gasteiger partial charge in [0.25, 0.3) is 0 Å². The first kappa shape index (κ1) is 40.4. The van der Waals surface area contributed by atoms with E-state index in [1.165, 1.54) is 0 Å². The first-order chi connectivity index (χ1) is 21.9. The minimum absolute atomic E-state index is 0.222. The molecule has 0 saturated heterocycles. The summed E-state index contributed by atoms with van der Waals surface area (Å²) in [5, 5.41) is 20.3. The molecule has 0 bridgehead atoms. The Bertz CT molecular complexity index is 1070. The Kier molecular flexibility index (Phi) is 20.1. The summed E-state index contributed by atoms with van der Waals surface area (Å²) in [4.78, 5) is 65.1. The molecule has 0 saturated carbocycles. The number of benzene rings is 1. The molecule has 0 radical (unpaired) electrons. The Labute approximate surface area is 272 Å². The highest BCUT2D eigenvalue weighted by Gasteiger charge is 2.32. The van der Waals surface area contributed by atoms with Crippen LogP contribution < -0.4 is 44.2 Å². The third-order valence-corrected chi connectivity index (χ3v) is 7.61. The fourth-order valence-electron chi connectivity index (χ4n) is 4.84. The van der Waals surface area contributed by atoms with Gasteiger partial charge in [-0.2, -0.15) is 0 Å². The standard InChI is InChI=1S/C32H56N8O6/c1-21(2)27(32(45)46)40-31(44)26(16-8-11-19-35)39-30(43)25(15-7-10-18-34)38-29(42)24(14-6-9-17-33)37-28(41)23(36)20-22-12-4-3-5-13-22/h3-5,12-13,21,23-27H,6-11,14-20,33-36H2,1-2H3,(H,37,41)(H,38,42)(H,39,43)(H,40,44)(H,45,46)/t23-,24-,25-,26-,27-/m0/s1. The van der Waals surface area contributed by atoms with Crippen LogP contribution in [0.3, 0.4) is 0 Å². The van der Waals surface area contributed by atoms with Crippen molar-refractivity contribution in [1.29, 1.82) is 0 Å². The van der Waals surface area contributed by atoms with Crippen molar-refractivity contribution in [3.8, 4) is 0 Å². The van der Waals surface area contributed by atoms with E-state index in [4.69, 9.17) is 22.9 Å². The van der Waals surface area contributed by atoms with Gasteiger partial charge in [0.2, 0.25) is 23.6 Å². The number of unbranched alkanes of at least 4 members (excludes halogenated alkanes) is 3. The van der Waals surface area contributed by atoms with Gasteiger partial charge in [0.05, 0.1) is 6.04 Å². The molecule has 13 N–H and O–H groups in total. The van der Waals surface area contributed by atoms with Crippen LogP contribution in [-0.2, 0) is 30.4 Å². The Morgan fingerprint density at radius 1 is 0.630 bits per heavy atom. The number of carbonyl (C=O) groups excluding carboxylic acids is 4. The van der Waals surface area contributed by atoms with Crippen LogP contribution in [0.1, 0.15) is 77.2 Å². The number of carbonyl (C=O) groups is 5. The molecule has 0 unspecified atom stereocenters. The van der Waals surface area contributed by atoms with Crippen LogP contribution in [0.2, 0.25) is 0 Å². The van der Waals surface area contributed by atoms with Crippen molar-refractivity contribution in [2.45, 2.75) is 108 Å². The molecule has 14 heteroatoms. The zero-order valence-electron chi connectivity index (χ0n) is 27.3. The summed E-state index contributed by atoms with van der Waals surface area (Å²) >= 11 is 0. The number of carboxylic acid groups (broad SMARTS) is 1.